The predicted octanol–water partition coefficient (Wildman–Crippen LogP) is 2.11. The van der Waals surface area contributed by atoms with Crippen LogP contribution in [0.25, 0.3) is 10.9 Å². The van der Waals surface area contributed by atoms with Crippen molar-refractivity contribution in [2.75, 3.05) is 13.7 Å². The minimum absolute atomic E-state index is 0.0157. The third-order valence-corrected chi connectivity index (χ3v) is 7.99. The van der Waals surface area contributed by atoms with Crippen LogP contribution in [-0.4, -0.2) is 35.4 Å². The van der Waals surface area contributed by atoms with Gasteiger partial charge in [0.1, 0.15) is 0 Å². The van der Waals surface area contributed by atoms with Crippen LogP contribution < -0.4 is 20.2 Å². The van der Waals surface area contributed by atoms with E-state index < -0.39 is 17.1 Å². The molecule has 4 atom stereocenters. The molecule has 1 fully saturated rings. The second-order valence-corrected chi connectivity index (χ2v) is 9.05. The molecule has 3 aromatic rings. The van der Waals surface area contributed by atoms with Gasteiger partial charge >= 0.3 is 0 Å². The van der Waals surface area contributed by atoms with E-state index >= 15 is 0 Å². The fourth-order valence-corrected chi connectivity index (χ4v) is 6.74. The number of ether oxygens (including phenoxy) is 2. The van der Waals surface area contributed by atoms with Gasteiger partial charge in [0.25, 0.3) is 0 Å². The van der Waals surface area contributed by atoms with E-state index in [0.29, 0.717) is 29.5 Å². The number of nitrogens with one attached hydrogen (secondary N) is 2. The number of fused-ring (bicyclic) bond motifs is 3. The van der Waals surface area contributed by atoms with Crippen LogP contribution in [0.3, 0.4) is 0 Å². The first-order valence-corrected chi connectivity index (χ1v) is 10.5. The lowest BCUT2D eigenvalue weighted by Crippen LogP contribution is -2.74. The summed E-state index contributed by atoms with van der Waals surface area (Å²) in [7, 11) is 1.64. The number of aromatic nitrogens is 1. The molecule has 152 valence electrons. The maximum atomic E-state index is 13.5. The van der Waals surface area contributed by atoms with Crippen molar-refractivity contribution in [3.63, 3.8) is 0 Å². The van der Waals surface area contributed by atoms with Gasteiger partial charge in [0.15, 0.2) is 23.0 Å². The highest BCUT2D eigenvalue weighted by molar-refractivity contribution is 5.80. The molecule has 6 heteroatoms. The number of methoxy groups -OCH3 is 1. The molecule has 2 aliphatic carbocycles. The van der Waals surface area contributed by atoms with E-state index in [1.807, 2.05) is 30.3 Å². The van der Waals surface area contributed by atoms with E-state index in [9.17, 15) is 9.90 Å². The molecule has 3 unspecified atom stereocenters. The highest BCUT2D eigenvalue weighted by atomic mass is 16.5. The van der Waals surface area contributed by atoms with Crippen molar-refractivity contribution in [2.24, 2.45) is 0 Å². The van der Waals surface area contributed by atoms with Gasteiger partial charge in [-0.3, -0.25) is 4.79 Å². The van der Waals surface area contributed by atoms with Gasteiger partial charge < -0.3 is 24.9 Å². The lowest BCUT2D eigenvalue weighted by Gasteiger charge is -2.60. The first-order valence-electron chi connectivity index (χ1n) is 10.5. The number of pyridine rings is 1. The van der Waals surface area contributed by atoms with E-state index in [2.05, 4.69) is 16.4 Å². The molecule has 0 amide bonds. The van der Waals surface area contributed by atoms with Crippen molar-refractivity contribution in [1.82, 2.24) is 10.3 Å². The molecule has 0 saturated carbocycles. The molecule has 4 aliphatic rings. The number of H-pyrrole nitrogens is 1. The Morgan fingerprint density at radius 1 is 1.23 bits per heavy atom. The summed E-state index contributed by atoms with van der Waals surface area (Å²) in [6.07, 6.45) is 1.32. The van der Waals surface area contributed by atoms with Crippen LogP contribution >= 0.6 is 0 Å². The fraction of sp³-hybridized carbons (Fsp3) is 0.375. The van der Waals surface area contributed by atoms with Gasteiger partial charge in [0.05, 0.1) is 23.8 Å². The van der Waals surface area contributed by atoms with Crippen LogP contribution in [0.15, 0.2) is 41.2 Å². The number of aromatic amines is 1. The lowest BCUT2D eigenvalue weighted by molar-refractivity contribution is -0.134. The number of hydrogen-bond donors (Lipinski definition) is 3. The Hall–Kier alpha value is -2.83. The van der Waals surface area contributed by atoms with E-state index in [1.165, 1.54) is 5.56 Å². The highest BCUT2D eigenvalue weighted by Gasteiger charge is 2.71. The van der Waals surface area contributed by atoms with Crippen molar-refractivity contribution in [1.29, 1.82) is 0 Å². The fourth-order valence-electron chi connectivity index (χ4n) is 6.74. The maximum Gasteiger partial charge on any atom is 0.193 e. The number of benzene rings is 2. The number of piperidine rings is 1. The Bertz CT molecular complexity index is 1310. The minimum atomic E-state index is -1.09. The molecule has 0 radical (unpaired) electrons. The summed E-state index contributed by atoms with van der Waals surface area (Å²) in [5.41, 5.74) is 2.81. The van der Waals surface area contributed by atoms with E-state index in [0.717, 1.165) is 35.5 Å². The zero-order chi connectivity index (χ0) is 20.3. The van der Waals surface area contributed by atoms with Crippen LogP contribution in [0.1, 0.15) is 34.9 Å². The van der Waals surface area contributed by atoms with E-state index in [1.54, 1.807) is 7.11 Å². The Morgan fingerprint density at radius 2 is 2.10 bits per heavy atom. The minimum Gasteiger partial charge on any atom is -0.493 e. The molecule has 30 heavy (non-hydrogen) atoms. The van der Waals surface area contributed by atoms with Crippen molar-refractivity contribution >= 4 is 10.9 Å². The smallest absolute Gasteiger partial charge is 0.193 e. The molecule has 2 bridgehead atoms. The molecule has 1 aromatic heterocycles. The third-order valence-electron chi connectivity index (χ3n) is 7.99. The van der Waals surface area contributed by atoms with Crippen molar-refractivity contribution in [2.45, 2.75) is 42.4 Å². The average Bonchev–Trinajstić information content (AvgIpc) is 3.09. The molecule has 3 N–H and O–H groups in total. The largest absolute Gasteiger partial charge is 0.493 e. The second kappa shape index (κ2) is 5.25. The van der Waals surface area contributed by atoms with Gasteiger partial charge in [-0.25, -0.2) is 0 Å². The van der Waals surface area contributed by atoms with Gasteiger partial charge in [0.2, 0.25) is 0 Å². The first kappa shape index (κ1) is 16.9. The SMILES string of the molecule is COc1ccc2c3c1OC1c4[nH]c5ccccc5c(=O)c4CC4(O)C(C2)NCC[C@]314. The average molecular weight is 402 g/mol. The molecule has 1 saturated heterocycles. The summed E-state index contributed by atoms with van der Waals surface area (Å²) < 4.78 is 12.2. The molecule has 1 spiro atoms. The Kier molecular flexibility index (Phi) is 2.96. The zero-order valence-corrected chi connectivity index (χ0v) is 16.6. The second-order valence-electron chi connectivity index (χ2n) is 9.05. The van der Waals surface area contributed by atoms with E-state index in [-0.39, 0.29) is 11.5 Å². The molecule has 6 nitrogen and oxygen atoms in total. The summed E-state index contributed by atoms with van der Waals surface area (Å²) in [6, 6.07) is 11.5. The lowest BCUT2D eigenvalue weighted by atomic mass is 9.49. The Labute approximate surface area is 172 Å². The van der Waals surface area contributed by atoms with Gasteiger partial charge in [-0.15, -0.1) is 0 Å². The molecule has 2 aliphatic heterocycles. The van der Waals surface area contributed by atoms with Gasteiger partial charge in [-0.05, 0) is 43.1 Å². The predicted molar refractivity (Wildman–Crippen MR) is 111 cm³/mol. The van der Waals surface area contributed by atoms with Crippen molar-refractivity contribution in [3.8, 4) is 11.5 Å². The topological polar surface area (TPSA) is 83.6 Å². The molecule has 7 rings (SSSR count). The number of hydrogen-bond acceptors (Lipinski definition) is 5. The van der Waals surface area contributed by atoms with Crippen LogP contribution in [0.5, 0.6) is 11.5 Å². The third kappa shape index (κ3) is 1.66. The molecule has 3 heterocycles. The standard InChI is InChI=1S/C24H22N2O4/c1-29-16-7-6-12-10-17-24(28)11-14-19(26-15-5-3-2-4-13(15)20(14)27)22-23(24,8-9-25-17)18(12)21(16)30-22/h2-7,17,22,25,28H,8-11H2,1H3,(H,26,27)/t17?,22?,23-,24?/m0/s1. The molecule has 2 aromatic carbocycles. The van der Waals surface area contributed by atoms with Crippen LogP contribution in [0.2, 0.25) is 0 Å². The zero-order valence-electron chi connectivity index (χ0n) is 16.6. The van der Waals surface area contributed by atoms with Gasteiger partial charge in [0, 0.05) is 34.5 Å². The summed E-state index contributed by atoms with van der Waals surface area (Å²) in [5, 5.41) is 16.5. The molecular formula is C24H22N2O4. The number of para-hydroxylation sites is 1. The first-order chi connectivity index (χ1) is 14.6. The number of aliphatic hydroxyl groups is 1. The maximum absolute atomic E-state index is 13.5. The van der Waals surface area contributed by atoms with Gasteiger partial charge in [-0.2, -0.15) is 0 Å². The van der Waals surface area contributed by atoms with Gasteiger partial charge in [-0.1, -0.05) is 18.2 Å². The monoisotopic (exact) mass is 402 g/mol. The summed E-state index contributed by atoms with van der Waals surface area (Å²) >= 11 is 0. The van der Waals surface area contributed by atoms with Crippen LogP contribution in [-0.2, 0) is 18.3 Å². The summed E-state index contributed by atoms with van der Waals surface area (Å²) in [6.45, 7) is 0.802. The molecular weight excluding hydrogens is 380 g/mol. The van der Waals surface area contributed by atoms with Crippen LogP contribution in [0.4, 0.5) is 0 Å². The van der Waals surface area contributed by atoms with Crippen molar-refractivity contribution in [3.05, 3.63) is 69.0 Å². The number of rotatable bonds is 1. The normalized spacial score (nSPS) is 32.3. The highest BCUT2D eigenvalue weighted by Crippen LogP contribution is 2.67. The Balaban J connectivity index is 1.61. The Morgan fingerprint density at radius 3 is 2.97 bits per heavy atom. The van der Waals surface area contributed by atoms with Crippen LogP contribution in [0, 0.1) is 0 Å². The summed E-state index contributed by atoms with van der Waals surface area (Å²) in [4.78, 5) is 17.0. The van der Waals surface area contributed by atoms with Crippen molar-refractivity contribution < 1.29 is 14.6 Å². The van der Waals surface area contributed by atoms with E-state index in [4.69, 9.17) is 9.47 Å². The quantitative estimate of drug-likeness (QED) is 0.581. The summed E-state index contributed by atoms with van der Waals surface area (Å²) in [5.74, 6) is 1.40.